The van der Waals surface area contributed by atoms with Gasteiger partial charge in [0, 0.05) is 25.1 Å². The number of fused-ring (bicyclic) bond motifs is 1. The van der Waals surface area contributed by atoms with Crippen molar-refractivity contribution in [1.82, 2.24) is 4.90 Å². The van der Waals surface area contributed by atoms with E-state index in [0.29, 0.717) is 18.5 Å². The molecule has 0 spiro atoms. The van der Waals surface area contributed by atoms with Gasteiger partial charge in [-0.15, -0.1) is 0 Å². The van der Waals surface area contributed by atoms with E-state index in [-0.39, 0.29) is 5.78 Å². The maximum absolute atomic E-state index is 12.5. The van der Waals surface area contributed by atoms with E-state index in [1.165, 1.54) is 0 Å². The van der Waals surface area contributed by atoms with E-state index < -0.39 is 6.67 Å². The minimum absolute atomic E-state index is 0.158. The number of Topliss-reactive ketones (excluding diaryl/α,β-unsaturated/α-hetero) is 1. The lowest BCUT2D eigenvalue weighted by Crippen LogP contribution is -2.21. The maximum atomic E-state index is 12.5. The number of alkyl halides is 1. The van der Waals surface area contributed by atoms with Gasteiger partial charge in [0.25, 0.3) is 0 Å². The first-order chi connectivity index (χ1) is 12.2. The summed E-state index contributed by atoms with van der Waals surface area (Å²) >= 11 is 0. The Labute approximate surface area is 147 Å². The Morgan fingerprint density at radius 2 is 1.60 bits per heavy atom. The molecular weight excluding hydrogens is 313 g/mol. The van der Waals surface area contributed by atoms with Gasteiger partial charge in [-0.05, 0) is 35.0 Å². The van der Waals surface area contributed by atoms with Crippen LogP contribution in [-0.2, 0) is 13.2 Å². The van der Waals surface area contributed by atoms with Gasteiger partial charge in [-0.3, -0.25) is 4.79 Å². The van der Waals surface area contributed by atoms with Crippen LogP contribution in [0.3, 0.4) is 0 Å². The van der Waals surface area contributed by atoms with Gasteiger partial charge in [-0.25, -0.2) is 4.39 Å². The average Bonchev–Trinajstić information content (AvgIpc) is 2.66. The minimum atomic E-state index is -0.434. The predicted octanol–water partition coefficient (Wildman–Crippen LogP) is 5.01. The summed E-state index contributed by atoms with van der Waals surface area (Å²) in [5.41, 5.74) is 2.58. The monoisotopic (exact) mass is 335 g/mol. The summed E-state index contributed by atoms with van der Waals surface area (Å²) in [6, 6.07) is 21.4. The van der Waals surface area contributed by atoms with Gasteiger partial charge in [0.1, 0.15) is 6.67 Å². The highest BCUT2D eigenvalue weighted by Crippen LogP contribution is 2.17. The smallest absolute Gasteiger partial charge is 0.164 e. The normalized spacial score (nSPS) is 11.2. The molecule has 0 N–H and O–H groups in total. The number of nitrogens with zero attached hydrogens (tertiary/aromatic N) is 1. The van der Waals surface area contributed by atoms with E-state index in [2.05, 4.69) is 4.90 Å². The Hall–Kier alpha value is -2.52. The molecule has 0 bridgehead atoms. The first-order valence-corrected chi connectivity index (χ1v) is 8.50. The van der Waals surface area contributed by atoms with Gasteiger partial charge in [0.05, 0.1) is 0 Å². The van der Waals surface area contributed by atoms with Crippen molar-refractivity contribution in [3.8, 4) is 0 Å². The van der Waals surface area contributed by atoms with E-state index in [9.17, 15) is 9.18 Å². The van der Waals surface area contributed by atoms with E-state index in [1.54, 1.807) is 0 Å². The van der Waals surface area contributed by atoms with Crippen molar-refractivity contribution in [3.63, 3.8) is 0 Å². The summed E-state index contributed by atoms with van der Waals surface area (Å²) < 4.78 is 12.5. The Kier molecular flexibility index (Phi) is 5.56. The van der Waals surface area contributed by atoms with Crippen molar-refractivity contribution in [1.29, 1.82) is 0 Å². The Morgan fingerprint density at radius 1 is 0.920 bits per heavy atom. The van der Waals surface area contributed by atoms with Crippen molar-refractivity contribution in [3.05, 3.63) is 83.4 Å². The zero-order valence-corrected chi connectivity index (χ0v) is 14.4. The van der Waals surface area contributed by atoms with Crippen LogP contribution in [-0.4, -0.2) is 24.3 Å². The van der Waals surface area contributed by atoms with Crippen LogP contribution < -0.4 is 0 Å². The van der Waals surface area contributed by atoms with Crippen molar-refractivity contribution < 1.29 is 9.18 Å². The number of hydrogen-bond acceptors (Lipinski definition) is 2. The molecule has 25 heavy (non-hydrogen) atoms. The molecule has 0 aliphatic carbocycles. The molecule has 0 aliphatic heterocycles. The molecular formula is C22H22FNO. The van der Waals surface area contributed by atoms with Gasteiger partial charge in [-0.1, -0.05) is 60.7 Å². The second kappa shape index (κ2) is 8.04. The second-order valence-corrected chi connectivity index (χ2v) is 6.42. The Balaban J connectivity index is 1.56. The topological polar surface area (TPSA) is 20.3 Å². The highest BCUT2D eigenvalue weighted by atomic mass is 19.1. The second-order valence-electron chi connectivity index (χ2n) is 6.42. The molecule has 0 atom stereocenters. The summed E-state index contributed by atoms with van der Waals surface area (Å²) in [6.45, 7) is 1.00. The van der Waals surface area contributed by atoms with Crippen molar-refractivity contribution in [2.45, 2.75) is 19.6 Å². The molecule has 0 saturated heterocycles. The van der Waals surface area contributed by atoms with Crippen molar-refractivity contribution in [2.75, 3.05) is 13.6 Å². The van der Waals surface area contributed by atoms with Crippen LogP contribution in [0.5, 0.6) is 0 Å². The summed E-state index contributed by atoms with van der Waals surface area (Å²) in [5, 5.41) is 2.24. The highest BCUT2D eigenvalue weighted by Gasteiger charge is 2.09. The first kappa shape index (κ1) is 17.3. The quantitative estimate of drug-likeness (QED) is 0.565. The SMILES string of the molecule is CN(CCC(=O)c1ccc2ccccc2c1)Cc1ccc(CF)cc1. The molecule has 0 aromatic heterocycles. The lowest BCUT2D eigenvalue weighted by atomic mass is 10.0. The Bertz CT molecular complexity index is 857. The number of hydrogen-bond donors (Lipinski definition) is 0. The number of halogens is 1. The maximum Gasteiger partial charge on any atom is 0.164 e. The Morgan fingerprint density at radius 3 is 2.32 bits per heavy atom. The van der Waals surface area contributed by atoms with Crippen molar-refractivity contribution in [2.24, 2.45) is 0 Å². The number of ketones is 1. The fourth-order valence-electron chi connectivity index (χ4n) is 2.92. The predicted molar refractivity (Wildman–Crippen MR) is 100 cm³/mol. The largest absolute Gasteiger partial charge is 0.302 e. The lowest BCUT2D eigenvalue weighted by Gasteiger charge is -2.16. The molecule has 3 aromatic rings. The number of carbonyl (C=O) groups excluding carboxylic acids is 1. The van der Waals surface area contributed by atoms with E-state index in [1.807, 2.05) is 73.8 Å². The minimum Gasteiger partial charge on any atom is -0.302 e. The molecule has 3 rings (SSSR count). The van der Waals surface area contributed by atoms with E-state index in [4.69, 9.17) is 0 Å². The van der Waals surface area contributed by atoms with Crippen LogP contribution in [0, 0.1) is 0 Å². The molecule has 0 aliphatic rings. The van der Waals surface area contributed by atoms with Crippen LogP contribution in [0.15, 0.2) is 66.7 Å². The summed E-state index contributed by atoms with van der Waals surface area (Å²) in [4.78, 5) is 14.6. The summed E-state index contributed by atoms with van der Waals surface area (Å²) in [7, 11) is 2.00. The van der Waals surface area contributed by atoms with Gasteiger partial charge in [0.15, 0.2) is 5.78 Å². The highest BCUT2D eigenvalue weighted by molar-refractivity contribution is 6.00. The summed E-state index contributed by atoms with van der Waals surface area (Å²) in [6.07, 6.45) is 0.484. The molecule has 2 nitrogen and oxygen atoms in total. The zero-order chi connectivity index (χ0) is 17.6. The fourth-order valence-corrected chi connectivity index (χ4v) is 2.92. The van der Waals surface area contributed by atoms with Crippen LogP contribution in [0.25, 0.3) is 10.8 Å². The third-order valence-corrected chi connectivity index (χ3v) is 4.42. The van der Waals surface area contributed by atoms with Gasteiger partial charge in [0.2, 0.25) is 0 Å². The molecule has 128 valence electrons. The molecule has 0 unspecified atom stereocenters. The number of rotatable bonds is 7. The lowest BCUT2D eigenvalue weighted by molar-refractivity contribution is 0.0968. The number of benzene rings is 3. The molecule has 3 heteroatoms. The van der Waals surface area contributed by atoms with Crippen LogP contribution in [0.4, 0.5) is 4.39 Å². The number of carbonyl (C=O) groups is 1. The van der Waals surface area contributed by atoms with Crippen LogP contribution in [0.1, 0.15) is 27.9 Å². The average molecular weight is 335 g/mol. The van der Waals surface area contributed by atoms with Crippen molar-refractivity contribution >= 4 is 16.6 Å². The van der Waals surface area contributed by atoms with Gasteiger partial charge < -0.3 is 4.90 Å². The zero-order valence-electron chi connectivity index (χ0n) is 14.4. The standard InChI is InChI=1S/C22H22FNO/c1-24(16-18-8-6-17(15-23)7-9-18)13-12-22(25)21-11-10-19-4-2-3-5-20(19)14-21/h2-11,14H,12-13,15-16H2,1H3. The molecule has 0 fully saturated rings. The first-order valence-electron chi connectivity index (χ1n) is 8.50. The molecule has 0 amide bonds. The summed E-state index contributed by atoms with van der Waals surface area (Å²) in [5.74, 6) is 0.158. The fraction of sp³-hybridized carbons (Fsp3) is 0.227. The van der Waals surface area contributed by atoms with E-state index >= 15 is 0 Å². The van der Waals surface area contributed by atoms with Gasteiger partial charge in [-0.2, -0.15) is 0 Å². The molecule has 0 saturated carbocycles. The molecule has 0 heterocycles. The van der Waals surface area contributed by atoms with Gasteiger partial charge >= 0.3 is 0 Å². The van der Waals surface area contributed by atoms with E-state index in [0.717, 1.165) is 28.4 Å². The third kappa shape index (κ3) is 4.52. The third-order valence-electron chi connectivity index (χ3n) is 4.42. The molecule has 3 aromatic carbocycles. The van der Waals surface area contributed by atoms with Crippen LogP contribution >= 0.6 is 0 Å². The molecule has 0 radical (unpaired) electrons. The van der Waals surface area contributed by atoms with Crippen LogP contribution in [0.2, 0.25) is 0 Å².